The van der Waals surface area contributed by atoms with E-state index in [-0.39, 0.29) is 0 Å². The summed E-state index contributed by atoms with van der Waals surface area (Å²) in [7, 11) is 0. The number of hydrogen-bond donors (Lipinski definition) is 1. The van der Waals surface area contributed by atoms with Crippen molar-refractivity contribution in [3.63, 3.8) is 0 Å². The fraction of sp³-hybridized carbons (Fsp3) is 0.643. The summed E-state index contributed by atoms with van der Waals surface area (Å²) in [6.45, 7) is 4.14. The largest absolute Gasteiger partial charge is 0.328 e. The molecule has 0 aromatic carbocycles. The average molecular weight is 268 g/mol. The molecule has 1 aliphatic rings. The second kappa shape index (κ2) is 6.50. The number of halogens is 1. The van der Waals surface area contributed by atoms with Gasteiger partial charge in [0.1, 0.15) is 5.15 Å². The van der Waals surface area contributed by atoms with E-state index in [9.17, 15) is 0 Å². The van der Waals surface area contributed by atoms with Crippen molar-refractivity contribution in [2.75, 3.05) is 6.54 Å². The van der Waals surface area contributed by atoms with Crippen molar-refractivity contribution < 1.29 is 0 Å². The van der Waals surface area contributed by atoms with Gasteiger partial charge in [0, 0.05) is 18.6 Å². The highest BCUT2D eigenvalue weighted by Crippen LogP contribution is 2.23. The Balaban J connectivity index is 1.96. The van der Waals surface area contributed by atoms with E-state index in [1.54, 1.807) is 0 Å². The van der Waals surface area contributed by atoms with Crippen molar-refractivity contribution in [2.45, 2.75) is 51.2 Å². The molecule has 1 fully saturated rings. The van der Waals surface area contributed by atoms with Gasteiger partial charge in [-0.3, -0.25) is 4.90 Å². The van der Waals surface area contributed by atoms with Crippen molar-refractivity contribution in [3.8, 4) is 0 Å². The van der Waals surface area contributed by atoms with E-state index in [0.29, 0.717) is 17.2 Å². The van der Waals surface area contributed by atoms with Crippen LogP contribution in [0.15, 0.2) is 18.2 Å². The molecule has 1 aromatic rings. The number of nitrogens with zero attached hydrogens (tertiary/aromatic N) is 2. The van der Waals surface area contributed by atoms with Gasteiger partial charge >= 0.3 is 0 Å². The summed E-state index contributed by atoms with van der Waals surface area (Å²) in [5.74, 6) is 0. The molecule has 0 unspecified atom stereocenters. The van der Waals surface area contributed by atoms with Crippen LogP contribution in [0.5, 0.6) is 0 Å². The van der Waals surface area contributed by atoms with Crippen LogP contribution >= 0.6 is 11.6 Å². The molecule has 0 radical (unpaired) electrons. The Bertz CT molecular complexity index is 375. The zero-order valence-electron chi connectivity index (χ0n) is 11.0. The molecular formula is C14H22ClN3. The first kappa shape index (κ1) is 13.8. The molecule has 1 saturated carbocycles. The molecule has 4 heteroatoms. The molecule has 100 valence electrons. The second-order valence-corrected chi connectivity index (χ2v) is 5.47. The molecule has 0 spiro atoms. The van der Waals surface area contributed by atoms with Gasteiger partial charge in [-0.15, -0.1) is 0 Å². The van der Waals surface area contributed by atoms with Gasteiger partial charge in [-0.1, -0.05) is 24.6 Å². The topological polar surface area (TPSA) is 42.2 Å². The van der Waals surface area contributed by atoms with Crippen LogP contribution < -0.4 is 5.73 Å². The van der Waals surface area contributed by atoms with E-state index < -0.39 is 0 Å². The van der Waals surface area contributed by atoms with Gasteiger partial charge in [0.2, 0.25) is 0 Å². The SMILES string of the molecule is CCN(Cc1cccc(Cl)n1)C1CCC(N)CC1. The van der Waals surface area contributed by atoms with E-state index in [4.69, 9.17) is 17.3 Å². The Morgan fingerprint density at radius 2 is 2.06 bits per heavy atom. The maximum absolute atomic E-state index is 5.96. The third kappa shape index (κ3) is 3.67. The van der Waals surface area contributed by atoms with Crippen LogP contribution in [-0.2, 0) is 6.54 Å². The summed E-state index contributed by atoms with van der Waals surface area (Å²) in [5, 5.41) is 0.578. The van der Waals surface area contributed by atoms with Crippen molar-refractivity contribution in [1.82, 2.24) is 9.88 Å². The van der Waals surface area contributed by atoms with Gasteiger partial charge < -0.3 is 5.73 Å². The smallest absolute Gasteiger partial charge is 0.129 e. The van der Waals surface area contributed by atoms with Crippen LogP contribution in [0.25, 0.3) is 0 Å². The lowest BCUT2D eigenvalue weighted by atomic mass is 9.90. The van der Waals surface area contributed by atoms with Gasteiger partial charge in [-0.25, -0.2) is 4.98 Å². The van der Waals surface area contributed by atoms with Gasteiger partial charge in [0.25, 0.3) is 0 Å². The highest BCUT2D eigenvalue weighted by atomic mass is 35.5. The van der Waals surface area contributed by atoms with Crippen LogP contribution in [0.2, 0.25) is 5.15 Å². The lowest BCUT2D eigenvalue weighted by molar-refractivity contribution is 0.148. The number of pyridine rings is 1. The molecule has 1 aromatic heterocycles. The van der Waals surface area contributed by atoms with E-state index in [2.05, 4.69) is 16.8 Å². The molecule has 0 amide bonds. The third-order valence-corrected chi connectivity index (χ3v) is 4.01. The van der Waals surface area contributed by atoms with E-state index in [1.807, 2.05) is 18.2 Å². The van der Waals surface area contributed by atoms with Crippen LogP contribution in [0.3, 0.4) is 0 Å². The van der Waals surface area contributed by atoms with Crippen molar-refractivity contribution in [1.29, 1.82) is 0 Å². The standard InChI is InChI=1S/C14H22ClN3/c1-2-18(13-8-6-11(16)7-9-13)10-12-4-3-5-14(15)17-12/h3-5,11,13H,2,6-10,16H2,1H3. The fourth-order valence-corrected chi connectivity index (χ4v) is 2.89. The minimum absolute atomic E-state index is 0.407. The minimum atomic E-state index is 0.407. The predicted molar refractivity (Wildman–Crippen MR) is 75.6 cm³/mol. The van der Waals surface area contributed by atoms with E-state index >= 15 is 0 Å². The monoisotopic (exact) mass is 267 g/mol. The molecule has 3 nitrogen and oxygen atoms in total. The van der Waals surface area contributed by atoms with Crippen LogP contribution in [-0.4, -0.2) is 28.5 Å². The Hall–Kier alpha value is -0.640. The Morgan fingerprint density at radius 3 is 2.67 bits per heavy atom. The maximum Gasteiger partial charge on any atom is 0.129 e. The van der Waals surface area contributed by atoms with Crippen molar-refractivity contribution >= 4 is 11.6 Å². The molecule has 18 heavy (non-hydrogen) atoms. The quantitative estimate of drug-likeness (QED) is 0.853. The van der Waals surface area contributed by atoms with Gasteiger partial charge in [-0.05, 0) is 44.4 Å². The zero-order valence-corrected chi connectivity index (χ0v) is 11.7. The summed E-state index contributed by atoms with van der Waals surface area (Å²) in [5.41, 5.74) is 7.02. The Morgan fingerprint density at radius 1 is 1.33 bits per heavy atom. The number of hydrogen-bond acceptors (Lipinski definition) is 3. The first-order chi connectivity index (χ1) is 8.69. The maximum atomic E-state index is 5.96. The van der Waals surface area contributed by atoms with E-state index in [0.717, 1.165) is 31.6 Å². The first-order valence-corrected chi connectivity index (χ1v) is 7.18. The number of rotatable bonds is 4. The third-order valence-electron chi connectivity index (χ3n) is 3.80. The number of nitrogens with two attached hydrogens (primary N) is 1. The normalized spacial score (nSPS) is 24.4. The molecule has 0 atom stereocenters. The highest BCUT2D eigenvalue weighted by molar-refractivity contribution is 6.29. The molecule has 1 aliphatic carbocycles. The fourth-order valence-electron chi connectivity index (χ4n) is 2.71. The van der Waals surface area contributed by atoms with Gasteiger partial charge in [0.05, 0.1) is 5.69 Å². The Labute approximate surface area is 114 Å². The van der Waals surface area contributed by atoms with Crippen molar-refractivity contribution in [2.24, 2.45) is 5.73 Å². The molecule has 0 bridgehead atoms. The molecular weight excluding hydrogens is 246 g/mol. The minimum Gasteiger partial charge on any atom is -0.328 e. The van der Waals surface area contributed by atoms with Crippen LogP contribution in [0.4, 0.5) is 0 Å². The highest BCUT2D eigenvalue weighted by Gasteiger charge is 2.23. The average Bonchev–Trinajstić information content (AvgIpc) is 2.37. The zero-order chi connectivity index (χ0) is 13.0. The number of aromatic nitrogens is 1. The summed E-state index contributed by atoms with van der Waals surface area (Å²) in [6, 6.07) is 6.89. The summed E-state index contributed by atoms with van der Waals surface area (Å²) < 4.78 is 0. The lowest BCUT2D eigenvalue weighted by Crippen LogP contribution is -2.40. The summed E-state index contributed by atoms with van der Waals surface area (Å²) >= 11 is 5.93. The molecule has 0 saturated heterocycles. The summed E-state index contributed by atoms with van der Waals surface area (Å²) in [6.07, 6.45) is 4.69. The van der Waals surface area contributed by atoms with E-state index in [1.165, 1.54) is 12.8 Å². The first-order valence-electron chi connectivity index (χ1n) is 6.80. The molecule has 1 heterocycles. The molecule has 2 N–H and O–H groups in total. The molecule has 2 rings (SSSR count). The van der Waals surface area contributed by atoms with Crippen LogP contribution in [0, 0.1) is 0 Å². The van der Waals surface area contributed by atoms with Gasteiger partial charge in [-0.2, -0.15) is 0 Å². The van der Waals surface area contributed by atoms with Gasteiger partial charge in [0.15, 0.2) is 0 Å². The Kier molecular flexibility index (Phi) is 4.98. The molecule has 0 aliphatic heterocycles. The predicted octanol–water partition coefficient (Wildman–Crippen LogP) is 2.83. The van der Waals surface area contributed by atoms with Crippen molar-refractivity contribution in [3.05, 3.63) is 29.0 Å². The van der Waals surface area contributed by atoms with Crippen LogP contribution in [0.1, 0.15) is 38.3 Å². The lowest BCUT2D eigenvalue weighted by Gasteiger charge is -2.35. The second-order valence-electron chi connectivity index (χ2n) is 5.08. The summed E-state index contributed by atoms with van der Waals surface area (Å²) in [4.78, 5) is 6.86.